The van der Waals surface area contributed by atoms with E-state index >= 15 is 0 Å². The summed E-state index contributed by atoms with van der Waals surface area (Å²) < 4.78 is 0. The monoisotopic (exact) mass is 162 g/mol. The lowest BCUT2D eigenvalue weighted by Gasteiger charge is -2.30. The first-order chi connectivity index (χ1) is 4.69. The first-order valence-corrected chi connectivity index (χ1v) is 4.22. The third-order valence-electron chi connectivity index (χ3n) is 1.63. The average molecular weight is 162 g/mol. The van der Waals surface area contributed by atoms with E-state index in [1.54, 1.807) is 0 Å². The number of hydrogen-bond acceptors (Lipinski definition) is 4. The van der Waals surface area contributed by atoms with Crippen LogP contribution < -0.4 is 0 Å². The average Bonchev–Trinajstić information content (AvgIpc) is 1.96. The Morgan fingerprint density at radius 2 is 2.40 bits per heavy atom. The van der Waals surface area contributed by atoms with Crippen molar-refractivity contribution >= 4 is 18.0 Å². The minimum atomic E-state index is -1.48. The molecule has 0 radical (unpaired) electrons. The van der Waals surface area contributed by atoms with Crippen molar-refractivity contribution in [1.82, 2.24) is 0 Å². The molecule has 0 aromatic rings. The summed E-state index contributed by atoms with van der Waals surface area (Å²) in [6.45, 7) is 0. The summed E-state index contributed by atoms with van der Waals surface area (Å²) >= 11 is 1.22. The number of aliphatic hydroxyl groups excluding tert-OH is 1. The zero-order valence-electron chi connectivity index (χ0n) is 5.49. The molecule has 0 saturated carbocycles. The molecule has 2 atom stereocenters. The van der Waals surface area contributed by atoms with Crippen LogP contribution in [-0.4, -0.2) is 33.3 Å². The Labute approximate surface area is 63.4 Å². The van der Waals surface area contributed by atoms with Gasteiger partial charge < -0.3 is 10.2 Å². The molecule has 0 spiro atoms. The van der Waals surface area contributed by atoms with Gasteiger partial charge >= 0.3 is 0 Å². The third-order valence-corrected chi connectivity index (χ3v) is 2.88. The SMILES string of the molecule is O=CC1(O)CCCSC1O. The van der Waals surface area contributed by atoms with E-state index in [1.165, 1.54) is 11.8 Å². The summed E-state index contributed by atoms with van der Waals surface area (Å²) in [6, 6.07) is 0. The zero-order chi connectivity index (χ0) is 7.61. The van der Waals surface area contributed by atoms with E-state index in [-0.39, 0.29) is 0 Å². The molecule has 1 aliphatic heterocycles. The number of aliphatic hydroxyl groups is 2. The van der Waals surface area contributed by atoms with Crippen LogP contribution in [-0.2, 0) is 4.79 Å². The highest BCUT2D eigenvalue weighted by molar-refractivity contribution is 7.99. The minimum Gasteiger partial charge on any atom is -0.379 e. The molecule has 0 aromatic heterocycles. The van der Waals surface area contributed by atoms with Crippen molar-refractivity contribution in [3.05, 3.63) is 0 Å². The van der Waals surface area contributed by atoms with Gasteiger partial charge in [0.25, 0.3) is 0 Å². The van der Waals surface area contributed by atoms with Gasteiger partial charge in [-0.05, 0) is 18.6 Å². The molecule has 3 nitrogen and oxygen atoms in total. The number of aldehydes is 1. The topological polar surface area (TPSA) is 57.5 Å². The van der Waals surface area contributed by atoms with E-state index in [0.717, 1.165) is 12.2 Å². The molecule has 0 bridgehead atoms. The zero-order valence-corrected chi connectivity index (χ0v) is 6.30. The predicted octanol–water partition coefficient (Wildman–Crippen LogP) is -0.238. The maximum absolute atomic E-state index is 10.3. The maximum atomic E-state index is 10.3. The number of thioether (sulfide) groups is 1. The molecule has 0 aliphatic carbocycles. The second-order valence-electron chi connectivity index (χ2n) is 2.44. The van der Waals surface area contributed by atoms with Gasteiger partial charge in [-0.25, -0.2) is 0 Å². The first kappa shape index (κ1) is 8.04. The number of carbonyl (C=O) groups excluding carboxylic acids is 1. The fraction of sp³-hybridized carbons (Fsp3) is 0.833. The van der Waals surface area contributed by atoms with Crippen LogP contribution in [0.5, 0.6) is 0 Å². The van der Waals surface area contributed by atoms with E-state index < -0.39 is 11.0 Å². The fourth-order valence-electron chi connectivity index (χ4n) is 0.935. The lowest BCUT2D eigenvalue weighted by Crippen LogP contribution is -2.44. The Morgan fingerprint density at radius 1 is 1.70 bits per heavy atom. The van der Waals surface area contributed by atoms with Crippen LogP contribution in [0.1, 0.15) is 12.8 Å². The van der Waals surface area contributed by atoms with Gasteiger partial charge in [-0.1, -0.05) is 0 Å². The molecule has 2 N–H and O–H groups in total. The third kappa shape index (κ3) is 1.33. The summed E-state index contributed by atoms with van der Waals surface area (Å²) in [5.74, 6) is 0.817. The summed E-state index contributed by atoms with van der Waals surface area (Å²) in [5.41, 5.74) is -2.41. The van der Waals surface area contributed by atoms with Crippen LogP contribution in [0, 0.1) is 0 Å². The number of hydrogen-bond donors (Lipinski definition) is 2. The van der Waals surface area contributed by atoms with E-state index in [9.17, 15) is 9.90 Å². The second-order valence-corrected chi connectivity index (χ2v) is 3.62. The van der Waals surface area contributed by atoms with Crippen molar-refractivity contribution in [3.63, 3.8) is 0 Å². The largest absolute Gasteiger partial charge is 0.379 e. The molecule has 0 aromatic carbocycles. The quantitative estimate of drug-likeness (QED) is 0.522. The van der Waals surface area contributed by atoms with Gasteiger partial charge in [-0.15, -0.1) is 11.8 Å². The highest BCUT2D eigenvalue weighted by atomic mass is 32.2. The van der Waals surface area contributed by atoms with Gasteiger partial charge in [0.1, 0.15) is 5.44 Å². The van der Waals surface area contributed by atoms with Crippen LogP contribution in [0.25, 0.3) is 0 Å². The van der Waals surface area contributed by atoms with Crippen LogP contribution in [0.2, 0.25) is 0 Å². The lowest BCUT2D eigenvalue weighted by molar-refractivity contribution is -0.131. The molecule has 10 heavy (non-hydrogen) atoms. The molecule has 1 rings (SSSR count). The van der Waals surface area contributed by atoms with Crippen molar-refractivity contribution in [2.75, 3.05) is 5.75 Å². The van der Waals surface area contributed by atoms with E-state index in [1.807, 2.05) is 0 Å². The van der Waals surface area contributed by atoms with Gasteiger partial charge in [-0.2, -0.15) is 0 Å². The highest BCUT2D eigenvalue weighted by Gasteiger charge is 2.37. The summed E-state index contributed by atoms with van der Waals surface area (Å²) in [6.07, 6.45) is 1.60. The Bertz CT molecular complexity index is 139. The minimum absolute atomic E-state index is 0.380. The molecule has 58 valence electrons. The molecule has 2 unspecified atom stereocenters. The van der Waals surface area contributed by atoms with Gasteiger partial charge in [0.2, 0.25) is 0 Å². The van der Waals surface area contributed by atoms with Crippen molar-refractivity contribution in [2.24, 2.45) is 0 Å². The van der Waals surface area contributed by atoms with Crippen molar-refractivity contribution in [1.29, 1.82) is 0 Å². The van der Waals surface area contributed by atoms with E-state index in [2.05, 4.69) is 0 Å². The highest BCUT2D eigenvalue weighted by Crippen LogP contribution is 2.30. The molecule has 4 heteroatoms. The Kier molecular flexibility index (Phi) is 2.33. The van der Waals surface area contributed by atoms with Crippen LogP contribution >= 0.6 is 11.8 Å². The smallest absolute Gasteiger partial charge is 0.155 e. The Hall–Kier alpha value is -0.0600. The summed E-state index contributed by atoms with van der Waals surface area (Å²) in [4.78, 5) is 10.3. The van der Waals surface area contributed by atoms with Gasteiger partial charge in [0.05, 0.1) is 0 Å². The second kappa shape index (κ2) is 2.90. The molecular weight excluding hydrogens is 152 g/mol. The molecule has 1 aliphatic rings. The maximum Gasteiger partial charge on any atom is 0.155 e. The van der Waals surface area contributed by atoms with Crippen LogP contribution in [0.4, 0.5) is 0 Å². The van der Waals surface area contributed by atoms with Gasteiger partial charge in [0, 0.05) is 0 Å². The normalized spacial score (nSPS) is 41.2. The summed E-state index contributed by atoms with van der Waals surface area (Å²) in [7, 11) is 0. The Morgan fingerprint density at radius 3 is 2.80 bits per heavy atom. The number of rotatable bonds is 1. The lowest BCUT2D eigenvalue weighted by atomic mass is 10.0. The molecule has 1 fully saturated rings. The summed E-state index contributed by atoms with van der Waals surface area (Å²) in [5, 5.41) is 18.4. The van der Waals surface area contributed by atoms with E-state index in [4.69, 9.17) is 5.11 Å². The predicted molar refractivity (Wildman–Crippen MR) is 38.7 cm³/mol. The molecule has 0 amide bonds. The van der Waals surface area contributed by atoms with Crippen LogP contribution in [0.3, 0.4) is 0 Å². The number of carbonyl (C=O) groups is 1. The van der Waals surface area contributed by atoms with Gasteiger partial charge in [0.15, 0.2) is 11.9 Å². The van der Waals surface area contributed by atoms with Crippen molar-refractivity contribution in [2.45, 2.75) is 23.9 Å². The molecular formula is C6H10O3S. The fourth-order valence-corrected chi connectivity index (χ4v) is 1.93. The standard InChI is InChI=1S/C6H10O3S/c7-4-6(9)2-1-3-10-5(6)8/h4-5,8-9H,1-3H2. The van der Waals surface area contributed by atoms with Crippen molar-refractivity contribution < 1.29 is 15.0 Å². The Balaban J connectivity index is 2.62. The van der Waals surface area contributed by atoms with Crippen LogP contribution in [0.15, 0.2) is 0 Å². The van der Waals surface area contributed by atoms with E-state index in [0.29, 0.717) is 12.7 Å². The molecule has 1 heterocycles. The first-order valence-electron chi connectivity index (χ1n) is 3.17. The van der Waals surface area contributed by atoms with Crippen molar-refractivity contribution in [3.8, 4) is 0 Å². The molecule has 1 saturated heterocycles. The van der Waals surface area contributed by atoms with Gasteiger partial charge in [-0.3, -0.25) is 4.79 Å².